The van der Waals surface area contributed by atoms with Crippen LogP contribution >= 0.6 is 0 Å². The smallest absolute Gasteiger partial charge is 0.143 e. The van der Waals surface area contributed by atoms with Crippen LogP contribution in [0, 0.1) is 12.7 Å². The van der Waals surface area contributed by atoms with E-state index < -0.39 is 24.4 Å². The summed E-state index contributed by atoms with van der Waals surface area (Å²) in [4.78, 5) is 11.6. The molecule has 6 rings (SSSR count). The summed E-state index contributed by atoms with van der Waals surface area (Å²) in [6.07, 6.45) is 5.02. The molecular weight excluding hydrogens is 437 g/mol. The quantitative estimate of drug-likeness (QED) is 0.371. The lowest BCUT2D eigenvalue weighted by atomic mass is 9.94. The summed E-state index contributed by atoms with van der Waals surface area (Å²) in [6, 6.07) is 5.04. The molecule has 1 aliphatic heterocycles. The Balaban J connectivity index is 1.35. The maximum absolute atomic E-state index is 15.4. The highest BCUT2D eigenvalue weighted by Crippen LogP contribution is 2.40. The van der Waals surface area contributed by atoms with Crippen molar-refractivity contribution in [1.29, 1.82) is 0 Å². The van der Waals surface area contributed by atoms with E-state index in [2.05, 4.69) is 20.3 Å². The summed E-state index contributed by atoms with van der Waals surface area (Å²) in [6.45, 7) is 3.09. The molecule has 1 saturated carbocycles. The lowest BCUT2D eigenvalue weighted by molar-refractivity contribution is -0.0166. The van der Waals surface area contributed by atoms with Crippen molar-refractivity contribution in [1.82, 2.24) is 24.8 Å². The van der Waals surface area contributed by atoms with Gasteiger partial charge in [0.25, 0.3) is 0 Å². The molecule has 2 aliphatic rings. The van der Waals surface area contributed by atoms with Crippen LogP contribution in [0.2, 0.25) is 0 Å². The molecule has 1 aromatic carbocycles. The molecule has 8 nitrogen and oxygen atoms in total. The highest BCUT2D eigenvalue weighted by Gasteiger charge is 2.45. The number of halogens is 1. The first kappa shape index (κ1) is 21.3. The van der Waals surface area contributed by atoms with E-state index in [-0.39, 0.29) is 5.82 Å². The topological polar surface area (TPSA) is 108 Å². The van der Waals surface area contributed by atoms with E-state index >= 15 is 4.39 Å². The summed E-state index contributed by atoms with van der Waals surface area (Å²) < 4.78 is 23.6. The molecule has 3 aromatic heterocycles. The number of hydrogen-bond acceptors (Lipinski definition) is 6. The second-order valence-corrected chi connectivity index (χ2v) is 9.08. The number of nitrogens with one attached hydrogen (secondary N) is 2. The van der Waals surface area contributed by atoms with Crippen LogP contribution in [0.15, 0.2) is 43.1 Å². The first-order valence-corrected chi connectivity index (χ1v) is 11.5. The van der Waals surface area contributed by atoms with Crippen molar-refractivity contribution in [3.63, 3.8) is 0 Å². The van der Waals surface area contributed by atoms with E-state index in [0.717, 1.165) is 22.2 Å². The van der Waals surface area contributed by atoms with Crippen molar-refractivity contribution >= 4 is 11.0 Å². The Bertz CT molecular complexity index is 1350. The summed E-state index contributed by atoms with van der Waals surface area (Å²) >= 11 is 0. The van der Waals surface area contributed by atoms with Gasteiger partial charge in [0.05, 0.1) is 11.7 Å². The number of rotatable bonds is 4. The van der Waals surface area contributed by atoms with Crippen LogP contribution in [0.4, 0.5) is 4.39 Å². The number of aromatic amines is 1. The van der Waals surface area contributed by atoms with Gasteiger partial charge in [0.1, 0.15) is 41.9 Å². The second-order valence-electron chi connectivity index (χ2n) is 9.08. The number of nitrogens with zero attached hydrogens (tertiary/aromatic N) is 3. The monoisotopic (exact) mass is 463 g/mol. The van der Waals surface area contributed by atoms with Crippen molar-refractivity contribution in [2.24, 2.45) is 0 Å². The number of benzene rings is 1. The second kappa shape index (κ2) is 8.19. The molecule has 0 spiro atoms. The number of H-pyrrole nitrogens is 1. The molecule has 0 unspecified atom stereocenters. The SMILES string of the molecule is Cc1ncnc2c1ccn2[C@@H]1C[C@H](Oc2cc(-c3cc[nH]c3)c(F)c3c2CNCC3)[C@@H](O)[C@H]1O. The van der Waals surface area contributed by atoms with Gasteiger partial charge >= 0.3 is 0 Å². The zero-order valence-corrected chi connectivity index (χ0v) is 18.7. The first-order valence-electron chi connectivity index (χ1n) is 11.5. The highest BCUT2D eigenvalue weighted by molar-refractivity contribution is 5.78. The van der Waals surface area contributed by atoms with Gasteiger partial charge in [-0.05, 0) is 43.7 Å². The fraction of sp³-hybridized carbons (Fsp3) is 0.360. The van der Waals surface area contributed by atoms with Gasteiger partial charge in [0.2, 0.25) is 0 Å². The molecule has 176 valence electrons. The van der Waals surface area contributed by atoms with E-state index in [9.17, 15) is 10.2 Å². The van der Waals surface area contributed by atoms with Gasteiger partial charge in [-0.15, -0.1) is 0 Å². The van der Waals surface area contributed by atoms with Gasteiger partial charge < -0.3 is 29.8 Å². The molecule has 1 fully saturated rings. The molecule has 9 heteroatoms. The van der Waals surface area contributed by atoms with Gasteiger partial charge in [-0.1, -0.05) is 0 Å². The predicted molar refractivity (Wildman–Crippen MR) is 124 cm³/mol. The molecule has 4 N–H and O–H groups in total. The van der Waals surface area contributed by atoms with Crippen LogP contribution < -0.4 is 10.1 Å². The Morgan fingerprint density at radius 1 is 1.18 bits per heavy atom. The fourth-order valence-electron chi connectivity index (χ4n) is 5.30. The van der Waals surface area contributed by atoms with Crippen LogP contribution in [-0.4, -0.2) is 54.6 Å². The van der Waals surface area contributed by atoms with E-state index in [0.29, 0.717) is 48.5 Å². The number of hydrogen-bond donors (Lipinski definition) is 4. The lowest BCUT2D eigenvalue weighted by Gasteiger charge is -2.26. The average molecular weight is 464 g/mol. The van der Waals surface area contributed by atoms with Crippen molar-refractivity contribution in [2.75, 3.05) is 6.54 Å². The Labute approximate surface area is 195 Å². The number of ether oxygens (including phenoxy) is 1. The molecule has 0 radical (unpaired) electrons. The van der Waals surface area contributed by atoms with Crippen molar-refractivity contribution in [3.05, 3.63) is 65.8 Å². The maximum Gasteiger partial charge on any atom is 0.143 e. The Kier molecular flexibility index (Phi) is 5.13. The lowest BCUT2D eigenvalue weighted by Crippen LogP contribution is -2.35. The number of fused-ring (bicyclic) bond motifs is 2. The molecule has 0 bridgehead atoms. The predicted octanol–water partition coefficient (Wildman–Crippen LogP) is 2.63. The average Bonchev–Trinajstić information content (AvgIpc) is 3.58. The Morgan fingerprint density at radius 2 is 2.06 bits per heavy atom. The minimum atomic E-state index is -1.10. The van der Waals surface area contributed by atoms with E-state index in [1.807, 2.05) is 29.8 Å². The number of aromatic nitrogens is 4. The third-order valence-electron chi connectivity index (χ3n) is 7.14. The third-order valence-corrected chi connectivity index (χ3v) is 7.14. The molecule has 34 heavy (non-hydrogen) atoms. The van der Waals surface area contributed by atoms with Crippen LogP contribution in [0.3, 0.4) is 0 Å². The summed E-state index contributed by atoms with van der Waals surface area (Å²) in [5.41, 5.74) is 4.17. The maximum atomic E-state index is 15.4. The molecule has 4 atom stereocenters. The van der Waals surface area contributed by atoms with Gasteiger partial charge in [-0.2, -0.15) is 0 Å². The van der Waals surface area contributed by atoms with E-state index in [1.54, 1.807) is 18.5 Å². The Hall–Kier alpha value is -3.27. The van der Waals surface area contributed by atoms with E-state index in [4.69, 9.17) is 4.74 Å². The molecule has 0 saturated heterocycles. The molecule has 4 heterocycles. The molecule has 0 amide bonds. The molecule has 4 aromatic rings. The van der Waals surface area contributed by atoms with Crippen LogP contribution in [0.25, 0.3) is 22.2 Å². The largest absolute Gasteiger partial charge is 0.487 e. The fourth-order valence-corrected chi connectivity index (χ4v) is 5.30. The minimum Gasteiger partial charge on any atom is -0.487 e. The third kappa shape index (κ3) is 3.31. The van der Waals surface area contributed by atoms with Crippen LogP contribution in [-0.2, 0) is 13.0 Å². The zero-order valence-electron chi connectivity index (χ0n) is 18.7. The van der Waals surface area contributed by atoms with Gasteiger partial charge in [-0.25, -0.2) is 14.4 Å². The van der Waals surface area contributed by atoms with Crippen LogP contribution in [0.1, 0.15) is 29.3 Å². The molecule has 1 aliphatic carbocycles. The summed E-state index contributed by atoms with van der Waals surface area (Å²) in [5, 5.41) is 26.0. The number of aliphatic hydroxyl groups excluding tert-OH is 2. The Morgan fingerprint density at radius 3 is 2.88 bits per heavy atom. The summed E-state index contributed by atoms with van der Waals surface area (Å²) in [7, 11) is 0. The van der Waals surface area contributed by atoms with Crippen molar-refractivity contribution in [2.45, 2.75) is 50.7 Å². The zero-order chi connectivity index (χ0) is 23.4. The highest BCUT2D eigenvalue weighted by atomic mass is 19.1. The van der Waals surface area contributed by atoms with Crippen molar-refractivity contribution < 1.29 is 19.3 Å². The normalized spacial score (nSPS) is 24.5. The van der Waals surface area contributed by atoms with Crippen LogP contribution in [0.5, 0.6) is 5.75 Å². The van der Waals surface area contributed by atoms with Gasteiger partial charge in [0.15, 0.2) is 0 Å². The van der Waals surface area contributed by atoms with Crippen molar-refractivity contribution in [3.8, 4) is 16.9 Å². The minimum absolute atomic E-state index is 0.234. The number of aryl methyl sites for hydroxylation is 1. The standard InChI is InChI=1S/C25H26FN5O3/c1-13-15-4-7-31(25(15)30-12-29-13)19-9-21(24(33)23(19)32)34-20-8-17(14-2-5-27-10-14)22(26)16-3-6-28-11-18(16)20/h2,4-5,7-8,10,12,19,21,23-24,27-28,32-33H,3,6,9,11H2,1H3/t19-,21+,23+,24-/m1/s1. The molecular formula is C25H26FN5O3. The first-order chi connectivity index (χ1) is 16.5. The van der Waals surface area contributed by atoms with Gasteiger partial charge in [-0.3, -0.25) is 0 Å². The summed E-state index contributed by atoms with van der Waals surface area (Å²) in [5.74, 6) is 0.300. The van der Waals surface area contributed by atoms with Gasteiger partial charge in [0, 0.05) is 53.6 Å². The number of aliphatic hydroxyl groups is 2. The van der Waals surface area contributed by atoms with E-state index in [1.165, 1.54) is 6.33 Å².